The Hall–Kier alpha value is -1.01. The number of halogens is 1. The van der Waals surface area contributed by atoms with Crippen molar-refractivity contribution in [3.8, 4) is 6.07 Å². The molecule has 1 aromatic rings. The van der Waals surface area contributed by atoms with Crippen molar-refractivity contribution < 1.29 is 4.39 Å². The predicted octanol–water partition coefficient (Wildman–Crippen LogP) is 3.73. The molecule has 1 aromatic carbocycles. The molecule has 1 rings (SSSR count). The van der Waals surface area contributed by atoms with Crippen molar-refractivity contribution in [3.05, 3.63) is 35.1 Å². The van der Waals surface area contributed by atoms with Gasteiger partial charge in [0.2, 0.25) is 0 Å². The highest BCUT2D eigenvalue weighted by Gasteiger charge is 2.12. The van der Waals surface area contributed by atoms with Crippen LogP contribution < -0.4 is 0 Å². The predicted molar refractivity (Wildman–Crippen MR) is 62.2 cm³/mol. The highest BCUT2D eigenvalue weighted by molar-refractivity contribution is 7.99. The Balaban J connectivity index is 2.81. The lowest BCUT2D eigenvalue weighted by atomic mass is 10.1. The molecule has 0 radical (unpaired) electrons. The third-order valence-electron chi connectivity index (χ3n) is 1.84. The molecule has 0 aliphatic heterocycles. The number of nitrogens with zero attached hydrogens (tertiary/aromatic N) is 1. The van der Waals surface area contributed by atoms with E-state index in [1.54, 1.807) is 17.8 Å². The molecular weight excluding hydrogens is 209 g/mol. The smallest absolute Gasteiger partial charge is 0.127 e. The summed E-state index contributed by atoms with van der Waals surface area (Å²) >= 11 is 1.67. The third kappa shape index (κ3) is 3.93. The van der Waals surface area contributed by atoms with E-state index < -0.39 is 0 Å². The Morgan fingerprint density at radius 3 is 2.60 bits per heavy atom. The van der Waals surface area contributed by atoms with Gasteiger partial charge in [0.25, 0.3) is 0 Å². The number of hydrogen-bond donors (Lipinski definition) is 0. The minimum absolute atomic E-state index is 0.106. The molecule has 0 aliphatic rings. The normalized spacial score (nSPS) is 11.1. The van der Waals surface area contributed by atoms with Crippen molar-refractivity contribution in [3.63, 3.8) is 0 Å². The molecule has 0 atom stereocenters. The van der Waals surface area contributed by atoms with Crippen LogP contribution in [0, 0.1) is 17.1 Å². The maximum atomic E-state index is 13.4. The zero-order valence-corrected chi connectivity index (χ0v) is 9.99. The average Bonchev–Trinajstić information content (AvgIpc) is 2.15. The first-order valence-corrected chi connectivity index (χ1v) is 5.73. The van der Waals surface area contributed by atoms with Crippen molar-refractivity contribution in [2.45, 2.75) is 31.3 Å². The molecule has 0 aliphatic carbocycles. The lowest BCUT2D eigenvalue weighted by molar-refractivity contribution is 0.617. The zero-order valence-electron chi connectivity index (χ0n) is 9.17. The first-order chi connectivity index (χ1) is 6.92. The molecule has 3 heteroatoms. The van der Waals surface area contributed by atoms with Gasteiger partial charge in [0.1, 0.15) is 5.82 Å². The topological polar surface area (TPSA) is 23.8 Å². The van der Waals surface area contributed by atoms with Gasteiger partial charge in [0.15, 0.2) is 0 Å². The van der Waals surface area contributed by atoms with E-state index in [2.05, 4.69) is 20.8 Å². The molecule has 0 fully saturated rings. The van der Waals surface area contributed by atoms with Crippen LogP contribution >= 0.6 is 11.8 Å². The number of thioether (sulfide) groups is 1. The molecule has 0 N–H and O–H groups in total. The molecule has 0 spiro atoms. The highest BCUT2D eigenvalue weighted by atomic mass is 32.2. The zero-order chi connectivity index (χ0) is 11.5. The van der Waals surface area contributed by atoms with Gasteiger partial charge in [-0.05, 0) is 23.8 Å². The fraction of sp³-hybridized carbons (Fsp3) is 0.417. The van der Waals surface area contributed by atoms with Crippen molar-refractivity contribution in [1.29, 1.82) is 5.26 Å². The fourth-order valence-corrected chi connectivity index (χ4v) is 1.86. The van der Waals surface area contributed by atoms with Gasteiger partial charge in [-0.2, -0.15) is 17.0 Å². The molecule has 0 saturated heterocycles. The molecule has 0 unspecified atom stereocenters. The van der Waals surface area contributed by atoms with Crippen molar-refractivity contribution in [2.24, 2.45) is 0 Å². The van der Waals surface area contributed by atoms with Crippen molar-refractivity contribution >= 4 is 11.8 Å². The van der Waals surface area contributed by atoms with E-state index in [4.69, 9.17) is 5.26 Å². The minimum atomic E-state index is -0.231. The molecule has 1 nitrogen and oxygen atoms in total. The van der Waals surface area contributed by atoms with Crippen LogP contribution in [-0.4, -0.2) is 4.75 Å². The largest absolute Gasteiger partial charge is 0.207 e. The molecule has 0 aromatic heterocycles. The fourth-order valence-electron chi connectivity index (χ4n) is 1.05. The Labute approximate surface area is 94.3 Å². The van der Waals surface area contributed by atoms with Crippen LogP contribution in [0.25, 0.3) is 0 Å². The van der Waals surface area contributed by atoms with Gasteiger partial charge in [-0.1, -0.05) is 20.8 Å². The van der Waals surface area contributed by atoms with E-state index >= 15 is 0 Å². The second-order valence-corrected chi connectivity index (χ2v) is 6.12. The van der Waals surface area contributed by atoms with E-state index in [1.165, 1.54) is 12.1 Å². The van der Waals surface area contributed by atoms with Gasteiger partial charge in [-0.3, -0.25) is 0 Å². The summed E-state index contributed by atoms with van der Waals surface area (Å²) in [6.07, 6.45) is 0. The van der Waals surface area contributed by atoms with Crippen LogP contribution in [0.2, 0.25) is 0 Å². The summed E-state index contributed by atoms with van der Waals surface area (Å²) in [5.74, 6) is 0.371. The summed E-state index contributed by atoms with van der Waals surface area (Å²) in [7, 11) is 0. The SMILES string of the molecule is CC(C)(C)SCc1cc(C#N)ccc1F. The Morgan fingerprint density at radius 1 is 1.40 bits per heavy atom. The summed E-state index contributed by atoms with van der Waals surface area (Å²) < 4.78 is 13.5. The minimum Gasteiger partial charge on any atom is -0.207 e. The van der Waals surface area contributed by atoms with Gasteiger partial charge in [-0.25, -0.2) is 4.39 Å². The van der Waals surface area contributed by atoms with Gasteiger partial charge in [0, 0.05) is 10.5 Å². The van der Waals surface area contributed by atoms with Crippen molar-refractivity contribution in [1.82, 2.24) is 0 Å². The van der Waals surface area contributed by atoms with E-state index in [0.717, 1.165) is 0 Å². The summed E-state index contributed by atoms with van der Waals surface area (Å²) in [6, 6.07) is 6.49. The van der Waals surface area contributed by atoms with Crippen LogP contribution in [0.4, 0.5) is 4.39 Å². The maximum Gasteiger partial charge on any atom is 0.127 e. The molecule has 80 valence electrons. The monoisotopic (exact) mass is 223 g/mol. The molecular formula is C12H14FNS. The average molecular weight is 223 g/mol. The second-order valence-electron chi connectivity index (χ2n) is 4.32. The van der Waals surface area contributed by atoms with E-state index in [9.17, 15) is 4.39 Å². The molecule has 0 amide bonds. The maximum absolute atomic E-state index is 13.4. The first-order valence-electron chi connectivity index (χ1n) is 4.75. The molecule has 0 saturated carbocycles. The molecule has 15 heavy (non-hydrogen) atoms. The highest BCUT2D eigenvalue weighted by Crippen LogP contribution is 2.28. The number of hydrogen-bond acceptors (Lipinski definition) is 2. The van der Waals surface area contributed by atoms with Crippen LogP contribution in [-0.2, 0) is 5.75 Å². The number of rotatable bonds is 2. The van der Waals surface area contributed by atoms with Crippen LogP contribution in [0.3, 0.4) is 0 Å². The molecule has 0 heterocycles. The van der Waals surface area contributed by atoms with Gasteiger partial charge in [0.05, 0.1) is 11.6 Å². The summed E-state index contributed by atoms with van der Waals surface area (Å²) in [5, 5.41) is 8.70. The van der Waals surface area contributed by atoms with Crippen molar-refractivity contribution in [2.75, 3.05) is 0 Å². The first kappa shape index (κ1) is 12.1. The van der Waals surface area contributed by atoms with Crippen LogP contribution in [0.1, 0.15) is 31.9 Å². The summed E-state index contributed by atoms with van der Waals surface area (Å²) in [6.45, 7) is 6.26. The third-order valence-corrected chi connectivity index (χ3v) is 3.16. The standard InChI is InChI=1S/C12H14FNS/c1-12(2,3)15-8-10-6-9(7-14)4-5-11(10)13/h4-6H,8H2,1-3H3. The van der Waals surface area contributed by atoms with Gasteiger partial charge < -0.3 is 0 Å². The summed E-state index contributed by atoms with van der Waals surface area (Å²) in [4.78, 5) is 0. The Bertz CT molecular complexity index is 388. The van der Waals surface area contributed by atoms with Crippen LogP contribution in [0.15, 0.2) is 18.2 Å². The van der Waals surface area contributed by atoms with E-state index in [-0.39, 0.29) is 10.6 Å². The quantitative estimate of drug-likeness (QED) is 0.762. The van der Waals surface area contributed by atoms with E-state index in [0.29, 0.717) is 16.9 Å². The Kier molecular flexibility index (Phi) is 3.76. The second kappa shape index (κ2) is 4.67. The summed E-state index contributed by atoms with van der Waals surface area (Å²) in [5.41, 5.74) is 1.12. The number of nitriles is 1. The molecule has 0 bridgehead atoms. The number of benzene rings is 1. The lowest BCUT2D eigenvalue weighted by Crippen LogP contribution is -2.08. The van der Waals surface area contributed by atoms with Gasteiger partial charge in [-0.15, -0.1) is 0 Å². The Morgan fingerprint density at radius 2 is 2.07 bits per heavy atom. The van der Waals surface area contributed by atoms with Crippen LogP contribution in [0.5, 0.6) is 0 Å². The van der Waals surface area contributed by atoms with E-state index in [1.807, 2.05) is 6.07 Å². The van der Waals surface area contributed by atoms with Gasteiger partial charge >= 0.3 is 0 Å². The lowest BCUT2D eigenvalue weighted by Gasteiger charge is -2.17.